The van der Waals surface area contributed by atoms with Crippen LogP contribution in [0.25, 0.3) is 0 Å². The monoisotopic (exact) mass is 287 g/mol. The number of hydrogen-bond acceptors (Lipinski definition) is 3. The van der Waals surface area contributed by atoms with E-state index in [9.17, 15) is 4.79 Å². The van der Waals surface area contributed by atoms with Crippen molar-refractivity contribution in [2.75, 3.05) is 13.7 Å². The zero-order valence-corrected chi connectivity index (χ0v) is 12.8. The van der Waals surface area contributed by atoms with Crippen molar-refractivity contribution in [3.8, 4) is 0 Å². The van der Waals surface area contributed by atoms with Crippen LogP contribution in [0.1, 0.15) is 36.8 Å². The van der Waals surface area contributed by atoms with Crippen molar-refractivity contribution in [1.29, 1.82) is 0 Å². The molecule has 0 saturated heterocycles. The van der Waals surface area contributed by atoms with E-state index >= 15 is 0 Å². The standard InChI is InChI=1S/C18H25NO2/c1-21-18(20)10-15-4-2-3-5-16(15)11-19-12-17(13-6-7-13)14-8-9-14/h2-5,13-14,17,19H,6-12H2,1H3. The highest BCUT2D eigenvalue weighted by Crippen LogP contribution is 2.48. The smallest absolute Gasteiger partial charge is 0.309 e. The first-order chi connectivity index (χ1) is 10.3. The van der Waals surface area contributed by atoms with Gasteiger partial charge in [0, 0.05) is 6.54 Å². The van der Waals surface area contributed by atoms with Crippen molar-refractivity contribution in [3.05, 3.63) is 35.4 Å². The van der Waals surface area contributed by atoms with Crippen LogP contribution in [0.5, 0.6) is 0 Å². The largest absolute Gasteiger partial charge is 0.469 e. The molecule has 1 aromatic rings. The summed E-state index contributed by atoms with van der Waals surface area (Å²) in [5, 5.41) is 3.62. The van der Waals surface area contributed by atoms with Gasteiger partial charge >= 0.3 is 5.97 Å². The summed E-state index contributed by atoms with van der Waals surface area (Å²) in [7, 11) is 1.44. The van der Waals surface area contributed by atoms with Crippen LogP contribution in [0.3, 0.4) is 0 Å². The Morgan fingerprint density at radius 2 is 1.81 bits per heavy atom. The lowest BCUT2D eigenvalue weighted by molar-refractivity contribution is -0.139. The van der Waals surface area contributed by atoms with Gasteiger partial charge in [0.15, 0.2) is 0 Å². The van der Waals surface area contributed by atoms with Crippen LogP contribution >= 0.6 is 0 Å². The van der Waals surface area contributed by atoms with E-state index in [1.54, 1.807) is 0 Å². The molecule has 3 nitrogen and oxygen atoms in total. The molecule has 0 unspecified atom stereocenters. The zero-order chi connectivity index (χ0) is 14.7. The van der Waals surface area contributed by atoms with Gasteiger partial charge in [-0.2, -0.15) is 0 Å². The quantitative estimate of drug-likeness (QED) is 0.747. The predicted octanol–water partition coefficient (Wildman–Crippen LogP) is 2.93. The Kier molecular flexibility index (Phi) is 4.59. The Morgan fingerprint density at radius 3 is 2.38 bits per heavy atom. The van der Waals surface area contributed by atoms with Gasteiger partial charge in [0.25, 0.3) is 0 Å². The fraction of sp³-hybridized carbons (Fsp3) is 0.611. The van der Waals surface area contributed by atoms with Crippen molar-refractivity contribution in [2.45, 2.75) is 38.6 Å². The molecular formula is C18H25NO2. The number of hydrogen-bond donors (Lipinski definition) is 1. The first kappa shape index (κ1) is 14.6. The van der Waals surface area contributed by atoms with Crippen molar-refractivity contribution in [1.82, 2.24) is 5.32 Å². The third-order valence-corrected chi connectivity index (χ3v) is 4.83. The van der Waals surface area contributed by atoms with Crippen LogP contribution in [0.2, 0.25) is 0 Å². The molecule has 0 aromatic heterocycles. The molecule has 1 N–H and O–H groups in total. The summed E-state index contributed by atoms with van der Waals surface area (Å²) in [4.78, 5) is 11.5. The first-order valence-electron chi connectivity index (χ1n) is 8.12. The van der Waals surface area contributed by atoms with E-state index in [0.29, 0.717) is 6.42 Å². The zero-order valence-electron chi connectivity index (χ0n) is 12.8. The van der Waals surface area contributed by atoms with Gasteiger partial charge in [-0.3, -0.25) is 4.79 Å². The van der Waals surface area contributed by atoms with E-state index in [-0.39, 0.29) is 5.97 Å². The summed E-state index contributed by atoms with van der Waals surface area (Å²) >= 11 is 0. The minimum atomic E-state index is -0.170. The molecule has 0 amide bonds. The molecule has 0 radical (unpaired) electrons. The highest BCUT2D eigenvalue weighted by Gasteiger charge is 2.40. The summed E-state index contributed by atoms with van der Waals surface area (Å²) in [6.45, 7) is 1.98. The van der Waals surface area contributed by atoms with E-state index in [1.165, 1.54) is 38.4 Å². The van der Waals surface area contributed by atoms with Crippen LogP contribution in [-0.2, 0) is 22.5 Å². The third kappa shape index (κ3) is 4.07. The molecule has 1 aromatic carbocycles. The number of carbonyl (C=O) groups is 1. The van der Waals surface area contributed by atoms with Crippen molar-refractivity contribution in [2.24, 2.45) is 17.8 Å². The molecule has 0 spiro atoms. The first-order valence-corrected chi connectivity index (χ1v) is 8.12. The predicted molar refractivity (Wildman–Crippen MR) is 82.8 cm³/mol. The number of carbonyl (C=O) groups excluding carboxylic acids is 1. The van der Waals surface area contributed by atoms with Gasteiger partial charge < -0.3 is 10.1 Å². The highest BCUT2D eigenvalue weighted by atomic mass is 16.5. The summed E-state index contributed by atoms with van der Waals surface area (Å²) in [5.41, 5.74) is 2.29. The average molecular weight is 287 g/mol. The maximum atomic E-state index is 11.5. The maximum Gasteiger partial charge on any atom is 0.309 e. The third-order valence-electron chi connectivity index (χ3n) is 4.83. The Hall–Kier alpha value is -1.35. The molecule has 0 atom stereocenters. The van der Waals surface area contributed by atoms with E-state index in [0.717, 1.165) is 36.4 Å². The molecule has 2 aliphatic carbocycles. The second kappa shape index (κ2) is 6.61. The topological polar surface area (TPSA) is 38.3 Å². The number of methoxy groups -OCH3 is 1. The molecule has 2 fully saturated rings. The Bertz CT molecular complexity index is 480. The van der Waals surface area contributed by atoms with Crippen LogP contribution in [0.4, 0.5) is 0 Å². The number of rotatable bonds is 8. The lowest BCUT2D eigenvalue weighted by Gasteiger charge is -2.17. The molecule has 0 heterocycles. The molecule has 0 aliphatic heterocycles. The molecule has 2 saturated carbocycles. The molecule has 3 heteroatoms. The van der Waals surface area contributed by atoms with Gasteiger partial charge in [0.1, 0.15) is 0 Å². The van der Waals surface area contributed by atoms with Gasteiger partial charge in [0.05, 0.1) is 13.5 Å². The van der Waals surface area contributed by atoms with Gasteiger partial charge in [-0.15, -0.1) is 0 Å². The number of nitrogens with one attached hydrogen (secondary N) is 1. The van der Waals surface area contributed by atoms with Gasteiger partial charge in [0.2, 0.25) is 0 Å². The Morgan fingerprint density at radius 1 is 1.19 bits per heavy atom. The fourth-order valence-corrected chi connectivity index (χ4v) is 3.27. The molecule has 114 valence electrons. The van der Waals surface area contributed by atoms with E-state index in [1.807, 2.05) is 18.2 Å². The van der Waals surface area contributed by atoms with E-state index < -0.39 is 0 Å². The summed E-state index contributed by atoms with van der Waals surface area (Å²) in [5.74, 6) is 2.68. The van der Waals surface area contributed by atoms with Gasteiger partial charge in [-0.05, 0) is 61.1 Å². The number of benzene rings is 1. The van der Waals surface area contributed by atoms with Crippen LogP contribution in [-0.4, -0.2) is 19.6 Å². The minimum absolute atomic E-state index is 0.170. The van der Waals surface area contributed by atoms with Gasteiger partial charge in [-0.1, -0.05) is 24.3 Å². The number of ether oxygens (including phenoxy) is 1. The lowest BCUT2D eigenvalue weighted by Crippen LogP contribution is -2.25. The molecule has 21 heavy (non-hydrogen) atoms. The highest BCUT2D eigenvalue weighted by molar-refractivity contribution is 5.72. The van der Waals surface area contributed by atoms with Gasteiger partial charge in [-0.25, -0.2) is 0 Å². The van der Waals surface area contributed by atoms with Crippen molar-refractivity contribution in [3.63, 3.8) is 0 Å². The molecule has 3 rings (SSSR count). The lowest BCUT2D eigenvalue weighted by atomic mass is 9.97. The summed E-state index contributed by atoms with van der Waals surface area (Å²) in [6.07, 6.45) is 6.09. The Labute approximate surface area is 127 Å². The maximum absolute atomic E-state index is 11.5. The minimum Gasteiger partial charge on any atom is -0.469 e. The SMILES string of the molecule is COC(=O)Cc1ccccc1CNCC(C1CC1)C1CC1. The van der Waals surface area contributed by atoms with E-state index in [4.69, 9.17) is 4.74 Å². The second-order valence-corrected chi connectivity index (χ2v) is 6.49. The van der Waals surface area contributed by atoms with Crippen LogP contribution < -0.4 is 5.32 Å². The normalized spacial score (nSPS) is 18.0. The summed E-state index contributed by atoms with van der Waals surface area (Å²) < 4.78 is 4.77. The van der Waals surface area contributed by atoms with Crippen molar-refractivity contribution >= 4 is 5.97 Å². The summed E-state index contributed by atoms with van der Waals surface area (Å²) in [6, 6.07) is 8.15. The molecular weight excluding hydrogens is 262 g/mol. The fourth-order valence-electron chi connectivity index (χ4n) is 3.27. The number of esters is 1. The second-order valence-electron chi connectivity index (χ2n) is 6.49. The average Bonchev–Trinajstić information content (AvgIpc) is 3.38. The van der Waals surface area contributed by atoms with Crippen molar-refractivity contribution < 1.29 is 9.53 Å². The molecule has 2 aliphatic rings. The van der Waals surface area contributed by atoms with E-state index in [2.05, 4.69) is 11.4 Å². The molecule has 0 bridgehead atoms. The van der Waals surface area contributed by atoms with Crippen LogP contribution in [0, 0.1) is 17.8 Å². The van der Waals surface area contributed by atoms with Crippen LogP contribution in [0.15, 0.2) is 24.3 Å². The Balaban J connectivity index is 1.53.